The van der Waals surface area contributed by atoms with Gasteiger partial charge in [-0.1, -0.05) is 6.07 Å². The molecule has 2 aliphatic heterocycles. The molecule has 0 spiro atoms. The molecule has 1 aromatic rings. The second-order valence-electron chi connectivity index (χ2n) is 6.57. The van der Waals surface area contributed by atoms with Gasteiger partial charge in [0.05, 0.1) is 11.6 Å². The van der Waals surface area contributed by atoms with Crippen LogP contribution in [0.2, 0.25) is 0 Å². The summed E-state index contributed by atoms with van der Waals surface area (Å²) in [5, 5.41) is 12.6. The van der Waals surface area contributed by atoms with E-state index in [-0.39, 0.29) is 0 Å². The molecular weight excluding hydrogens is 258 g/mol. The Balaban J connectivity index is 1.54. The van der Waals surface area contributed by atoms with Gasteiger partial charge in [0, 0.05) is 12.6 Å². The number of aryl methyl sites for hydroxylation is 1. The van der Waals surface area contributed by atoms with Gasteiger partial charge in [-0.25, -0.2) is 0 Å². The van der Waals surface area contributed by atoms with Crippen molar-refractivity contribution in [3.8, 4) is 6.07 Å². The van der Waals surface area contributed by atoms with Crippen LogP contribution in [0, 0.1) is 24.2 Å². The highest BCUT2D eigenvalue weighted by molar-refractivity contribution is 5.37. The van der Waals surface area contributed by atoms with Crippen molar-refractivity contribution in [3.63, 3.8) is 0 Å². The third kappa shape index (κ3) is 3.45. The molecule has 2 aliphatic rings. The molecule has 0 aromatic heterocycles. The van der Waals surface area contributed by atoms with Gasteiger partial charge in [0.15, 0.2) is 0 Å². The Bertz CT molecular complexity index is 518. The quantitative estimate of drug-likeness (QED) is 0.927. The van der Waals surface area contributed by atoms with Gasteiger partial charge >= 0.3 is 0 Å². The topological polar surface area (TPSA) is 39.1 Å². The van der Waals surface area contributed by atoms with Crippen LogP contribution in [0.5, 0.6) is 0 Å². The third-order valence-electron chi connectivity index (χ3n) is 5.17. The predicted molar refractivity (Wildman–Crippen MR) is 84.9 cm³/mol. The van der Waals surface area contributed by atoms with Crippen LogP contribution in [-0.2, 0) is 6.54 Å². The van der Waals surface area contributed by atoms with E-state index in [0.29, 0.717) is 0 Å². The van der Waals surface area contributed by atoms with Crippen LogP contribution >= 0.6 is 0 Å². The molecule has 1 N–H and O–H groups in total. The average Bonchev–Trinajstić information content (AvgIpc) is 3.04. The molecule has 0 bridgehead atoms. The van der Waals surface area contributed by atoms with Crippen LogP contribution in [-0.4, -0.2) is 30.6 Å². The van der Waals surface area contributed by atoms with Crippen molar-refractivity contribution >= 4 is 0 Å². The van der Waals surface area contributed by atoms with Crippen LogP contribution in [0.25, 0.3) is 0 Å². The number of rotatable bonds is 3. The Morgan fingerprint density at radius 2 is 2.10 bits per heavy atom. The number of likely N-dealkylation sites (tertiary alicyclic amines) is 1. The maximum absolute atomic E-state index is 8.94. The average molecular weight is 283 g/mol. The minimum atomic E-state index is 0.766. The van der Waals surface area contributed by atoms with Gasteiger partial charge < -0.3 is 5.32 Å². The summed E-state index contributed by atoms with van der Waals surface area (Å²) in [6.45, 7) is 6.79. The second kappa shape index (κ2) is 6.60. The Morgan fingerprint density at radius 3 is 2.71 bits per heavy atom. The smallest absolute Gasteiger partial charge is 0.0991 e. The Kier molecular flexibility index (Phi) is 4.57. The van der Waals surface area contributed by atoms with E-state index in [1.54, 1.807) is 0 Å². The Labute approximate surface area is 128 Å². The van der Waals surface area contributed by atoms with Crippen LogP contribution in [0.15, 0.2) is 18.2 Å². The van der Waals surface area contributed by atoms with E-state index in [1.807, 2.05) is 12.1 Å². The molecule has 2 fully saturated rings. The standard InChI is InChI=1S/C18H25N3/c1-14-11-15(12-19)4-5-17(14)13-21-9-6-16(7-10-21)18-3-2-8-20-18/h4-5,11,16,18,20H,2-3,6-10,13H2,1H3. The molecule has 3 nitrogen and oxygen atoms in total. The van der Waals surface area contributed by atoms with Crippen molar-refractivity contribution in [2.75, 3.05) is 19.6 Å². The first-order valence-electron chi connectivity index (χ1n) is 8.21. The molecule has 3 rings (SSSR count). The molecule has 2 heterocycles. The zero-order chi connectivity index (χ0) is 14.7. The van der Waals surface area contributed by atoms with Crippen LogP contribution in [0.3, 0.4) is 0 Å². The van der Waals surface area contributed by atoms with Crippen molar-refractivity contribution in [1.29, 1.82) is 5.26 Å². The summed E-state index contributed by atoms with van der Waals surface area (Å²) in [5.41, 5.74) is 3.38. The molecule has 1 unspecified atom stereocenters. The van der Waals surface area contributed by atoms with Gasteiger partial charge in [-0.3, -0.25) is 4.90 Å². The lowest BCUT2D eigenvalue weighted by Crippen LogP contribution is -2.40. The first-order valence-corrected chi connectivity index (χ1v) is 8.21. The molecule has 0 saturated carbocycles. The fourth-order valence-corrected chi connectivity index (χ4v) is 3.81. The molecule has 0 radical (unpaired) electrons. The highest BCUT2D eigenvalue weighted by Crippen LogP contribution is 2.26. The number of nitrogens with one attached hydrogen (secondary N) is 1. The van der Waals surface area contributed by atoms with Gasteiger partial charge in [-0.05, 0) is 81.4 Å². The molecule has 3 heteroatoms. The van der Waals surface area contributed by atoms with E-state index in [1.165, 1.54) is 56.4 Å². The molecule has 1 aromatic carbocycles. The normalized spacial score (nSPS) is 24.1. The molecule has 0 aliphatic carbocycles. The molecule has 2 saturated heterocycles. The van der Waals surface area contributed by atoms with Crippen molar-refractivity contribution < 1.29 is 0 Å². The van der Waals surface area contributed by atoms with Crippen LogP contribution in [0.4, 0.5) is 0 Å². The van der Waals surface area contributed by atoms with Crippen molar-refractivity contribution in [2.24, 2.45) is 5.92 Å². The largest absolute Gasteiger partial charge is 0.314 e. The van der Waals surface area contributed by atoms with E-state index in [2.05, 4.69) is 29.3 Å². The van der Waals surface area contributed by atoms with E-state index in [9.17, 15) is 0 Å². The lowest BCUT2D eigenvalue weighted by Gasteiger charge is -2.35. The number of hydrogen-bond acceptors (Lipinski definition) is 3. The van der Waals surface area contributed by atoms with Crippen LogP contribution in [0.1, 0.15) is 42.4 Å². The van der Waals surface area contributed by atoms with Crippen molar-refractivity contribution in [2.45, 2.75) is 45.2 Å². The maximum Gasteiger partial charge on any atom is 0.0991 e. The highest BCUT2D eigenvalue weighted by Gasteiger charge is 2.28. The highest BCUT2D eigenvalue weighted by atomic mass is 15.1. The Morgan fingerprint density at radius 1 is 1.29 bits per heavy atom. The van der Waals surface area contributed by atoms with Crippen LogP contribution < -0.4 is 5.32 Å². The SMILES string of the molecule is Cc1cc(C#N)ccc1CN1CCC(C2CCCN2)CC1. The zero-order valence-corrected chi connectivity index (χ0v) is 12.9. The summed E-state index contributed by atoms with van der Waals surface area (Å²) in [7, 11) is 0. The van der Waals surface area contributed by atoms with Gasteiger partial charge in [-0.2, -0.15) is 5.26 Å². The van der Waals surface area contributed by atoms with Gasteiger partial charge in [0.25, 0.3) is 0 Å². The number of hydrogen-bond donors (Lipinski definition) is 1. The molecule has 21 heavy (non-hydrogen) atoms. The summed E-state index contributed by atoms with van der Waals surface area (Å²) < 4.78 is 0. The molecule has 0 amide bonds. The van der Waals surface area contributed by atoms with E-state index >= 15 is 0 Å². The fourth-order valence-electron chi connectivity index (χ4n) is 3.81. The summed E-state index contributed by atoms with van der Waals surface area (Å²) in [6.07, 6.45) is 5.38. The van der Waals surface area contributed by atoms with Gasteiger partial charge in [-0.15, -0.1) is 0 Å². The van der Waals surface area contributed by atoms with E-state index in [0.717, 1.165) is 24.1 Å². The first kappa shape index (κ1) is 14.6. The van der Waals surface area contributed by atoms with E-state index in [4.69, 9.17) is 5.26 Å². The minimum Gasteiger partial charge on any atom is -0.314 e. The first-order chi connectivity index (χ1) is 10.3. The lowest BCUT2D eigenvalue weighted by atomic mass is 9.88. The maximum atomic E-state index is 8.94. The number of nitriles is 1. The second-order valence-corrected chi connectivity index (χ2v) is 6.57. The number of nitrogens with zero attached hydrogens (tertiary/aromatic N) is 2. The summed E-state index contributed by atoms with van der Waals surface area (Å²) in [6, 6.07) is 9.07. The third-order valence-corrected chi connectivity index (χ3v) is 5.17. The lowest BCUT2D eigenvalue weighted by molar-refractivity contribution is 0.157. The van der Waals surface area contributed by atoms with Crippen molar-refractivity contribution in [3.05, 3.63) is 34.9 Å². The van der Waals surface area contributed by atoms with Crippen molar-refractivity contribution in [1.82, 2.24) is 10.2 Å². The summed E-state index contributed by atoms with van der Waals surface area (Å²) in [4.78, 5) is 2.57. The van der Waals surface area contributed by atoms with E-state index < -0.39 is 0 Å². The number of piperidine rings is 1. The monoisotopic (exact) mass is 283 g/mol. The molecule has 112 valence electrons. The zero-order valence-electron chi connectivity index (χ0n) is 12.9. The number of benzene rings is 1. The van der Waals surface area contributed by atoms with Gasteiger partial charge in [0.1, 0.15) is 0 Å². The summed E-state index contributed by atoms with van der Waals surface area (Å²) in [5.74, 6) is 0.880. The Hall–Kier alpha value is -1.37. The predicted octanol–water partition coefficient (Wildman–Crippen LogP) is 2.83. The molecular formula is C18H25N3. The fraction of sp³-hybridized carbons (Fsp3) is 0.611. The minimum absolute atomic E-state index is 0.766. The van der Waals surface area contributed by atoms with Gasteiger partial charge in [0.2, 0.25) is 0 Å². The molecule has 1 atom stereocenters. The summed E-state index contributed by atoms with van der Waals surface area (Å²) >= 11 is 0.